The average molecular weight is 358 g/mol. The van der Waals surface area contributed by atoms with E-state index in [2.05, 4.69) is 4.90 Å². The van der Waals surface area contributed by atoms with Crippen LogP contribution in [0.4, 0.5) is 0 Å². The lowest BCUT2D eigenvalue weighted by Gasteiger charge is -2.18. The summed E-state index contributed by atoms with van der Waals surface area (Å²) < 4.78 is 11.0. The maximum atomic E-state index is 11.8. The molecular formula is C20H20ClNO3. The number of rotatable bonds is 6. The number of ether oxygens (including phenoxy) is 1. The number of likely N-dealkylation sites (N-methyl/N-ethyl adjacent to an activating group) is 1. The van der Waals surface area contributed by atoms with E-state index in [1.54, 1.807) is 12.1 Å². The molecule has 4 nitrogen and oxygen atoms in total. The molecule has 1 aromatic heterocycles. The van der Waals surface area contributed by atoms with Crippen molar-refractivity contribution in [1.82, 2.24) is 4.90 Å². The second-order valence-corrected chi connectivity index (χ2v) is 6.57. The van der Waals surface area contributed by atoms with Crippen LogP contribution in [0, 0.1) is 6.92 Å². The van der Waals surface area contributed by atoms with Crippen LogP contribution in [0.25, 0.3) is 11.0 Å². The van der Waals surface area contributed by atoms with Crippen molar-refractivity contribution in [1.29, 1.82) is 0 Å². The first-order chi connectivity index (χ1) is 12.0. The zero-order valence-electron chi connectivity index (χ0n) is 14.3. The molecule has 0 radical (unpaired) electrons. The fraction of sp³-hybridized carbons (Fsp3) is 0.250. The van der Waals surface area contributed by atoms with Crippen molar-refractivity contribution < 1.29 is 9.15 Å². The normalized spacial score (nSPS) is 11.2. The molecule has 0 amide bonds. The van der Waals surface area contributed by atoms with Gasteiger partial charge in [0.05, 0.1) is 0 Å². The van der Waals surface area contributed by atoms with E-state index in [1.165, 1.54) is 0 Å². The molecular weight excluding hydrogens is 338 g/mol. The van der Waals surface area contributed by atoms with Gasteiger partial charge in [0.25, 0.3) is 0 Å². The number of benzene rings is 2. The van der Waals surface area contributed by atoms with Crippen LogP contribution in [-0.4, -0.2) is 25.1 Å². The summed E-state index contributed by atoms with van der Waals surface area (Å²) in [5, 5.41) is 1.62. The zero-order valence-corrected chi connectivity index (χ0v) is 15.0. The molecule has 130 valence electrons. The zero-order chi connectivity index (χ0) is 17.8. The van der Waals surface area contributed by atoms with E-state index in [0.29, 0.717) is 23.8 Å². The first kappa shape index (κ1) is 17.5. The SMILES string of the molecule is Cc1ccc2c(CN(C)CCOc3cccc(Cl)c3)cc(=O)oc2c1. The van der Waals surface area contributed by atoms with E-state index < -0.39 is 0 Å². The summed E-state index contributed by atoms with van der Waals surface area (Å²) in [6.07, 6.45) is 0. The standard InChI is InChI=1S/C20H20ClNO3/c1-14-6-7-18-15(11-20(23)25-19(18)10-14)13-22(2)8-9-24-17-5-3-4-16(21)12-17/h3-7,10-12H,8-9,13H2,1-2H3. The van der Waals surface area contributed by atoms with Crippen LogP contribution in [0.15, 0.2) is 57.7 Å². The third kappa shape index (κ3) is 4.62. The Balaban J connectivity index is 1.65. The van der Waals surface area contributed by atoms with Gasteiger partial charge in [-0.3, -0.25) is 4.90 Å². The number of fused-ring (bicyclic) bond motifs is 1. The van der Waals surface area contributed by atoms with Crippen molar-refractivity contribution in [2.75, 3.05) is 20.2 Å². The van der Waals surface area contributed by atoms with Crippen molar-refractivity contribution >= 4 is 22.6 Å². The van der Waals surface area contributed by atoms with Gasteiger partial charge in [-0.1, -0.05) is 29.8 Å². The van der Waals surface area contributed by atoms with Gasteiger partial charge >= 0.3 is 5.63 Å². The fourth-order valence-corrected chi connectivity index (χ4v) is 2.89. The predicted octanol–water partition coefficient (Wildman–Crippen LogP) is 4.27. The topological polar surface area (TPSA) is 42.7 Å². The molecule has 5 heteroatoms. The van der Waals surface area contributed by atoms with Gasteiger partial charge in [0.1, 0.15) is 17.9 Å². The third-order valence-corrected chi connectivity index (χ3v) is 4.20. The van der Waals surface area contributed by atoms with Crippen molar-refractivity contribution in [2.24, 2.45) is 0 Å². The second kappa shape index (κ2) is 7.72. The quantitative estimate of drug-likeness (QED) is 0.618. The lowest BCUT2D eigenvalue weighted by Crippen LogP contribution is -2.24. The summed E-state index contributed by atoms with van der Waals surface area (Å²) >= 11 is 5.95. The van der Waals surface area contributed by atoms with E-state index in [9.17, 15) is 4.79 Å². The maximum absolute atomic E-state index is 11.8. The maximum Gasteiger partial charge on any atom is 0.336 e. The highest BCUT2D eigenvalue weighted by Gasteiger charge is 2.09. The first-order valence-corrected chi connectivity index (χ1v) is 8.49. The van der Waals surface area contributed by atoms with Crippen molar-refractivity contribution in [3.05, 3.63) is 75.1 Å². The van der Waals surface area contributed by atoms with Gasteiger partial charge in [0, 0.05) is 29.6 Å². The van der Waals surface area contributed by atoms with Crippen LogP contribution in [0.1, 0.15) is 11.1 Å². The molecule has 0 aliphatic carbocycles. The minimum Gasteiger partial charge on any atom is -0.492 e. The first-order valence-electron chi connectivity index (χ1n) is 8.11. The Kier molecular flexibility index (Phi) is 5.41. The van der Waals surface area contributed by atoms with Crippen LogP contribution in [0.2, 0.25) is 5.02 Å². The van der Waals surface area contributed by atoms with Crippen LogP contribution in [0.3, 0.4) is 0 Å². The van der Waals surface area contributed by atoms with Gasteiger partial charge in [-0.15, -0.1) is 0 Å². The predicted molar refractivity (Wildman–Crippen MR) is 101 cm³/mol. The molecule has 0 bridgehead atoms. The Hall–Kier alpha value is -2.30. The van der Waals surface area contributed by atoms with E-state index in [-0.39, 0.29) is 5.63 Å². The summed E-state index contributed by atoms with van der Waals surface area (Å²) in [6.45, 7) is 3.88. The molecule has 3 rings (SSSR count). The molecule has 25 heavy (non-hydrogen) atoms. The van der Waals surface area contributed by atoms with Crippen LogP contribution < -0.4 is 10.4 Å². The number of nitrogens with zero attached hydrogens (tertiary/aromatic N) is 1. The van der Waals surface area contributed by atoms with Gasteiger partial charge < -0.3 is 9.15 Å². The molecule has 0 spiro atoms. The molecule has 0 aliphatic rings. The Bertz CT molecular complexity index is 936. The second-order valence-electron chi connectivity index (χ2n) is 6.13. The lowest BCUT2D eigenvalue weighted by atomic mass is 10.1. The fourth-order valence-electron chi connectivity index (χ4n) is 2.71. The summed E-state index contributed by atoms with van der Waals surface area (Å²) in [5.41, 5.74) is 2.33. The molecule has 0 saturated heterocycles. The van der Waals surface area contributed by atoms with E-state index in [0.717, 1.165) is 28.8 Å². The smallest absolute Gasteiger partial charge is 0.336 e. The molecule has 0 atom stereocenters. The number of hydrogen-bond acceptors (Lipinski definition) is 4. The molecule has 3 aromatic rings. The average Bonchev–Trinajstić information content (AvgIpc) is 2.54. The Morgan fingerprint density at radius 1 is 1.16 bits per heavy atom. The lowest BCUT2D eigenvalue weighted by molar-refractivity contribution is 0.233. The monoisotopic (exact) mass is 357 g/mol. The minimum atomic E-state index is -0.323. The summed E-state index contributed by atoms with van der Waals surface area (Å²) in [6, 6.07) is 14.8. The van der Waals surface area contributed by atoms with E-state index in [4.69, 9.17) is 20.8 Å². The molecule has 0 N–H and O–H groups in total. The third-order valence-electron chi connectivity index (χ3n) is 3.96. The van der Waals surface area contributed by atoms with Gasteiger partial charge in [-0.2, -0.15) is 0 Å². The van der Waals surface area contributed by atoms with Crippen molar-refractivity contribution in [2.45, 2.75) is 13.5 Å². The van der Waals surface area contributed by atoms with Gasteiger partial charge in [-0.25, -0.2) is 4.79 Å². The van der Waals surface area contributed by atoms with Crippen LogP contribution >= 0.6 is 11.6 Å². The number of aryl methyl sites for hydroxylation is 1. The van der Waals surface area contributed by atoms with Gasteiger partial charge in [0.2, 0.25) is 0 Å². The molecule has 0 aliphatic heterocycles. The van der Waals surface area contributed by atoms with Crippen LogP contribution in [-0.2, 0) is 6.54 Å². The molecule has 0 saturated carbocycles. The summed E-state index contributed by atoms with van der Waals surface area (Å²) in [5.74, 6) is 0.752. The molecule has 0 unspecified atom stereocenters. The highest BCUT2D eigenvalue weighted by Crippen LogP contribution is 2.20. The molecule has 1 heterocycles. The van der Waals surface area contributed by atoms with E-state index >= 15 is 0 Å². The van der Waals surface area contributed by atoms with Crippen molar-refractivity contribution in [3.63, 3.8) is 0 Å². The Morgan fingerprint density at radius 3 is 2.80 bits per heavy atom. The largest absolute Gasteiger partial charge is 0.492 e. The highest BCUT2D eigenvalue weighted by atomic mass is 35.5. The van der Waals surface area contributed by atoms with Crippen molar-refractivity contribution in [3.8, 4) is 5.75 Å². The highest BCUT2D eigenvalue weighted by molar-refractivity contribution is 6.30. The molecule has 0 fully saturated rings. The Morgan fingerprint density at radius 2 is 2.00 bits per heavy atom. The van der Waals surface area contributed by atoms with E-state index in [1.807, 2.05) is 50.4 Å². The summed E-state index contributed by atoms with van der Waals surface area (Å²) in [7, 11) is 2.00. The number of halogens is 1. The summed E-state index contributed by atoms with van der Waals surface area (Å²) in [4.78, 5) is 13.9. The van der Waals surface area contributed by atoms with Crippen LogP contribution in [0.5, 0.6) is 5.75 Å². The minimum absolute atomic E-state index is 0.323. The Labute approximate surface area is 151 Å². The number of hydrogen-bond donors (Lipinski definition) is 0. The van der Waals surface area contributed by atoms with Gasteiger partial charge in [0.15, 0.2) is 0 Å². The molecule has 2 aromatic carbocycles. The van der Waals surface area contributed by atoms with Gasteiger partial charge in [-0.05, 0) is 49.4 Å².